The molecule has 3 heterocycles. The van der Waals surface area contributed by atoms with E-state index in [1.807, 2.05) is 19.1 Å². The highest BCUT2D eigenvalue weighted by Crippen LogP contribution is 2.43. The molecule has 132 valence electrons. The van der Waals surface area contributed by atoms with Gasteiger partial charge in [0.05, 0.1) is 31.6 Å². The number of aryl methyl sites for hydroxylation is 1. The molecule has 6 heteroatoms. The Morgan fingerprint density at radius 1 is 1.32 bits per heavy atom. The third kappa shape index (κ3) is 2.91. The summed E-state index contributed by atoms with van der Waals surface area (Å²) in [5, 5.41) is 3.48. The van der Waals surface area contributed by atoms with E-state index in [2.05, 4.69) is 32.3 Å². The number of nitrogens with zero attached hydrogens (tertiary/aromatic N) is 2. The normalized spacial score (nSPS) is 25.2. The topological polar surface area (TPSA) is 70.2 Å². The lowest BCUT2D eigenvalue weighted by atomic mass is 9.89. The Hall–Kier alpha value is -2.34. The first kappa shape index (κ1) is 16.1. The number of amides is 1. The van der Waals surface area contributed by atoms with E-state index < -0.39 is 0 Å². The number of hydrogen-bond donors (Lipinski definition) is 2. The highest BCUT2D eigenvalue weighted by atomic mass is 16.5. The van der Waals surface area contributed by atoms with E-state index in [0.717, 1.165) is 36.8 Å². The Bertz CT molecular complexity index is 755. The highest BCUT2D eigenvalue weighted by Gasteiger charge is 2.46. The number of fused-ring (bicyclic) bond motifs is 1. The zero-order valence-corrected chi connectivity index (χ0v) is 14.7. The van der Waals surface area contributed by atoms with Crippen molar-refractivity contribution >= 4 is 5.91 Å². The Morgan fingerprint density at radius 2 is 2.12 bits per heavy atom. The number of imidazole rings is 1. The van der Waals surface area contributed by atoms with E-state index in [1.54, 1.807) is 13.4 Å². The lowest BCUT2D eigenvalue weighted by Gasteiger charge is -2.28. The zero-order chi connectivity index (χ0) is 17.4. The van der Waals surface area contributed by atoms with Crippen LogP contribution in [0.5, 0.6) is 5.75 Å². The van der Waals surface area contributed by atoms with Crippen molar-refractivity contribution in [2.75, 3.05) is 26.7 Å². The summed E-state index contributed by atoms with van der Waals surface area (Å²) in [6.07, 6.45) is 2.01. The van der Waals surface area contributed by atoms with E-state index in [1.165, 1.54) is 5.56 Å². The summed E-state index contributed by atoms with van der Waals surface area (Å²) in [5.41, 5.74) is 2.99. The third-order valence-electron chi connectivity index (χ3n) is 5.60. The first-order chi connectivity index (χ1) is 12.2. The van der Waals surface area contributed by atoms with Gasteiger partial charge in [-0.15, -0.1) is 0 Å². The molecule has 0 unspecified atom stereocenters. The molecule has 2 N–H and O–H groups in total. The quantitative estimate of drug-likeness (QED) is 0.889. The second-order valence-corrected chi connectivity index (χ2v) is 7.00. The van der Waals surface area contributed by atoms with Crippen LogP contribution >= 0.6 is 0 Å². The number of likely N-dealkylation sites (tertiary alicyclic amines) is 1. The summed E-state index contributed by atoms with van der Waals surface area (Å²) in [4.78, 5) is 22.4. The number of H-pyrrole nitrogens is 1. The Labute approximate surface area is 147 Å². The maximum atomic E-state index is 13.0. The van der Waals surface area contributed by atoms with Gasteiger partial charge in [-0.05, 0) is 30.5 Å². The molecule has 4 rings (SSSR count). The molecule has 2 aromatic rings. The molecule has 2 fully saturated rings. The Balaban J connectivity index is 1.60. The van der Waals surface area contributed by atoms with Crippen molar-refractivity contribution in [3.05, 3.63) is 47.5 Å². The molecule has 1 amide bonds. The molecular weight excluding hydrogens is 316 g/mol. The summed E-state index contributed by atoms with van der Waals surface area (Å²) in [6, 6.07) is 8.25. The van der Waals surface area contributed by atoms with Gasteiger partial charge in [0, 0.05) is 31.2 Å². The van der Waals surface area contributed by atoms with Gasteiger partial charge in [-0.2, -0.15) is 0 Å². The number of methoxy groups -OCH3 is 1. The molecule has 0 aliphatic carbocycles. The fourth-order valence-corrected chi connectivity index (χ4v) is 4.22. The minimum Gasteiger partial charge on any atom is -0.497 e. The number of aromatic amines is 1. The van der Waals surface area contributed by atoms with Crippen LogP contribution in [-0.2, 0) is 11.2 Å². The van der Waals surface area contributed by atoms with Gasteiger partial charge in [0.15, 0.2) is 0 Å². The standard InChI is InChI=1S/C19H24N4O2/c1-12-17(22-11-21-12)7-18(24)23-10-14-8-20-9-16(14)19(23)13-3-5-15(25-2)6-4-13/h3-6,11,14,16,19-20H,7-10H2,1-2H3,(H,21,22)/t14-,16-,19-/m0/s1. The first-order valence-corrected chi connectivity index (χ1v) is 8.80. The predicted molar refractivity (Wildman–Crippen MR) is 94.3 cm³/mol. The van der Waals surface area contributed by atoms with Gasteiger partial charge in [0.25, 0.3) is 0 Å². The van der Waals surface area contributed by atoms with Crippen LogP contribution in [-0.4, -0.2) is 47.5 Å². The first-order valence-electron chi connectivity index (χ1n) is 8.80. The molecule has 1 aromatic carbocycles. The predicted octanol–water partition coefficient (Wildman–Crippen LogP) is 1.69. The molecule has 0 spiro atoms. The van der Waals surface area contributed by atoms with Crippen molar-refractivity contribution in [2.45, 2.75) is 19.4 Å². The molecule has 1 aromatic heterocycles. The number of hydrogen-bond acceptors (Lipinski definition) is 4. The third-order valence-corrected chi connectivity index (χ3v) is 5.60. The van der Waals surface area contributed by atoms with E-state index in [0.29, 0.717) is 18.3 Å². The van der Waals surface area contributed by atoms with Crippen molar-refractivity contribution in [3.63, 3.8) is 0 Å². The van der Waals surface area contributed by atoms with Crippen molar-refractivity contribution < 1.29 is 9.53 Å². The summed E-state index contributed by atoms with van der Waals surface area (Å²) in [5.74, 6) is 1.99. The maximum Gasteiger partial charge on any atom is 0.229 e. The number of rotatable bonds is 4. The summed E-state index contributed by atoms with van der Waals surface area (Å²) in [7, 11) is 1.67. The van der Waals surface area contributed by atoms with E-state index in [4.69, 9.17) is 4.74 Å². The fourth-order valence-electron chi connectivity index (χ4n) is 4.22. The zero-order valence-electron chi connectivity index (χ0n) is 14.7. The number of carbonyl (C=O) groups is 1. The number of carbonyl (C=O) groups excluding carboxylic acids is 1. The van der Waals surface area contributed by atoms with Crippen LogP contribution in [0.2, 0.25) is 0 Å². The molecule has 2 aliphatic heterocycles. The van der Waals surface area contributed by atoms with Gasteiger partial charge in [-0.3, -0.25) is 4.79 Å². The van der Waals surface area contributed by atoms with Gasteiger partial charge >= 0.3 is 0 Å². The molecular formula is C19H24N4O2. The van der Waals surface area contributed by atoms with Gasteiger partial charge in [-0.1, -0.05) is 12.1 Å². The molecule has 2 aliphatic rings. The number of benzene rings is 1. The number of aromatic nitrogens is 2. The van der Waals surface area contributed by atoms with Crippen molar-refractivity contribution in [3.8, 4) is 5.75 Å². The second kappa shape index (κ2) is 6.52. The van der Waals surface area contributed by atoms with Crippen molar-refractivity contribution in [2.24, 2.45) is 11.8 Å². The van der Waals surface area contributed by atoms with Crippen LogP contribution in [0.4, 0.5) is 0 Å². The largest absolute Gasteiger partial charge is 0.497 e. The fraction of sp³-hybridized carbons (Fsp3) is 0.474. The van der Waals surface area contributed by atoms with Gasteiger partial charge < -0.3 is 19.9 Å². The van der Waals surface area contributed by atoms with Gasteiger partial charge in [0.1, 0.15) is 5.75 Å². The lowest BCUT2D eigenvalue weighted by Crippen LogP contribution is -2.35. The highest BCUT2D eigenvalue weighted by molar-refractivity contribution is 5.79. The van der Waals surface area contributed by atoms with Crippen LogP contribution in [0.1, 0.15) is 23.0 Å². The summed E-state index contributed by atoms with van der Waals surface area (Å²) >= 11 is 0. The molecule has 0 radical (unpaired) electrons. The summed E-state index contributed by atoms with van der Waals surface area (Å²) in [6.45, 7) is 4.73. The second-order valence-electron chi connectivity index (χ2n) is 7.00. The monoisotopic (exact) mass is 340 g/mol. The van der Waals surface area contributed by atoms with Gasteiger partial charge in [0.2, 0.25) is 5.91 Å². The van der Waals surface area contributed by atoms with Gasteiger partial charge in [-0.25, -0.2) is 4.98 Å². The SMILES string of the molecule is COc1ccc([C@H]2[C@H]3CNC[C@H]3CN2C(=O)Cc2nc[nH]c2C)cc1. The van der Waals surface area contributed by atoms with Crippen LogP contribution in [0, 0.1) is 18.8 Å². The number of nitrogens with one attached hydrogen (secondary N) is 2. The minimum absolute atomic E-state index is 0.123. The van der Waals surface area contributed by atoms with E-state index in [-0.39, 0.29) is 11.9 Å². The molecule has 2 saturated heterocycles. The van der Waals surface area contributed by atoms with Crippen LogP contribution in [0.3, 0.4) is 0 Å². The van der Waals surface area contributed by atoms with Crippen LogP contribution in [0.15, 0.2) is 30.6 Å². The van der Waals surface area contributed by atoms with Crippen LogP contribution in [0.25, 0.3) is 0 Å². The average Bonchev–Trinajstić information content (AvgIpc) is 3.31. The Kier molecular flexibility index (Phi) is 4.21. The van der Waals surface area contributed by atoms with E-state index in [9.17, 15) is 4.79 Å². The van der Waals surface area contributed by atoms with Crippen molar-refractivity contribution in [1.29, 1.82) is 0 Å². The molecule has 6 nitrogen and oxygen atoms in total. The summed E-state index contributed by atoms with van der Waals surface area (Å²) < 4.78 is 5.27. The lowest BCUT2D eigenvalue weighted by molar-refractivity contribution is -0.132. The molecule has 3 atom stereocenters. The smallest absolute Gasteiger partial charge is 0.229 e. The minimum atomic E-state index is 0.123. The molecule has 25 heavy (non-hydrogen) atoms. The van der Waals surface area contributed by atoms with E-state index >= 15 is 0 Å². The van der Waals surface area contributed by atoms with Crippen molar-refractivity contribution in [1.82, 2.24) is 20.2 Å². The molecule has 0 bridgehead atoms. The maximum absolute atomic E-state index is 13.0. The molecule has 0 saturated carbocycles. The van der Waals surface area contributed by atoms with Crippen LogP contribution < -0.4 is 10.1 Å². The number of ether oxygens (including phenoxy) is 1. The Morgan fingerprint density at radius 3 is 2.80 bits per heavy atom. The average molecular weight is 340 g/mol.